The lowest BCUT2D eigenvalue weighted by atomic mass is 9.64. The number of aromatic amines is 1. The number of rotatable bonds is 1. The highest BCUT2D eigenvalue weighted by molar-refractivity contribution is 6.12. The molecule has 0 spiro atoms. The monoisotopic (exact) mass is 349 g/mol. The van der Waals surface area contributed by atoms with Crippen LogP contribution in [0.2, 0.25) is 0 Å². The molecule has 3 nitrogen and oxygen atoms in total. The Morgan fingerprint density at radius 1 is 1.27 bits per heavy atom. The third-order valence-electron chi connectivity index (χ3n) is 6.90. The maximum Gasteiger partial charge on any atom is 0.132 e. The molecular weight excluding hydrogens is 322 g/mol. The van der Waals surface area contributed by atoms with Crippen LogP contribution in [0.4, 0.5) is 0 Å². The number of fused-ring (bicyclic) bond motifs is 8. The standard InChI is InChI=1S/C23H27NO2/c1-12(2)14-9-10-23(4)11-16(14)19-20-18(21(25)13(3)22(19)26-23)15-7-5-6-8-17(15)24-20/h5-8,12,14,16,24-25H,9-11H2,1-4H3. The van der Waals surface area contributed by atoms with Gasteiger partial charge in [-0.05, 0) is 56.9 Å². The van der Waals surface area contributed by atoms with E-state index in [1.807, 2.05) is 19.1 Å². The molecule has 2 bridgehead atoms. The van der Waals surface area contributed by atoms with Crippen molar-refractivity contribution in [3.05, 3.63) is 35.4 Å². The van der Waals surface area contributed by atoms with Gasteiger partial charge in [0.15, 0.2) is 0 Å². The highest BCUT2D eigenvalue weighted by Gasteiger charge is 2.47. The number of nitrogens with one attached hydrogen (secondary N) is 1. The van der Waals surface area contributed by atoms with E-state index in [9.17, 15) is 5.11 Å². The minimum absolute atomic E-state index is 0.111. The molecule has 1 saturated carbocycles. The predicted octanol–water partition coefficient (Wildman–Crippen LogP) is 6.03. The number of ether oxygens (including phenoxy) is 1. The van der Waals surface area contributed by atoms with Crippen LogP contribution in [0.5, 0.6) is 11.5 Å². The van der Waals surface area contributed by atoms with Crippen molar-refractivity contribution in [3.8, 4) is 11.5 Å². The Morgan fingerprint density at radius 2 is 2.04 bits per heavy atom. The fourth-order valence-electron chi connectivity index (χ4n) is 5.53. The van der Waals surface area contributed by atoms with Crippen molar-refractivity contribution in [2.24, 2.45) is 11.8 Å². The van der Waals surface area contributed by atoms with Gasteiger partial charge in [0.25, 0.3) is 0 Å². The van der Waals surface area contributed by atoms with Crippen LogP contribution >= 0.6 is 0 Å². The van der Waals surface area contributed by atoms with Crippen molar-refractivity contribution in [2.45, 2.75) is 58.5 Å². The van der Waals surface area contributed by atoms with Crippen LogP contribution in [0.1, 0.15) is 57.1 Å². The molecule has 1 aromatic heterocycles. The quantitative estimate of drug-likeness (QED) is 0.564. The molecule has 3 heteroatoms. The van der Waals surface area contributed by atoms with Gasteiger partial charge in [-0.25, -0.2) is 0 Å². The number of benzene rings is 2. The molecule has 5 rings (SSSR count). The molecule has 3 atom stereocenters. The average Bonchev–Trinajstić information content (AvgIpc) is 2.98. The van der Waals surface area contributed by atoms with E-state index in [0.717, 1.165) is 46.0 Å². The van der Waals surface area contributed by atoms with Crippen molar-refractivity contribution >= 4 is 21.8 Å². The Bertz CT molecular complexity index is 1030. The van der Waals surface area contributed by atoms with Gasteiger partial charge in [0.2, 0.25) is 0 Å². The van der Waals surface area contributed by atoms with Crippen LogP contribution in [0.3, 0.4) is 0 Å². The number of aromatic nitrogens is 1. The first-order valence-electron chi connectivity index (χ1n) is 9.84. The number of hydrogen-bond donors (Lipinski definition) is 2. The minimum Gasteiger partial charge on any atom is -0.507 e. The first-order chi connectivity index (χ1) is 12.4. The smallest absolute Gasteiger partial charge is 0.132 e. The zero-order valence-corrected chi connectivity index (χ0v) is 16.0. The van der Waals surface area contributed by atoms with Gasteiger partial charge in [-0.15, -0.1) is 0 Å². The van der Waals surface area contributed by atoms with Crippen molar-refractivity contribution in [1.82, 2.24) is 4.98 Å². The molecule has 1 fully saturated rings. The molecule has 136 valence electrons. The first-order valence-corrected chi connectivity index (χ1v) is 9.84. The van der Waals surface area contributed by atoms with Crippen LogP contribution in [-0.4, -0.2) is 15.7 Å². The van der Waals surface area contributed by atoms with Crippen LogP contribution in [0.15, 0.2) is 24.3 Å². The predicted molar refractivity (Wildman–Crippen MR) is 106 cm³/mol. The van der Waals surface area contributed by atoms with E-state index in [4.69, 9.17) is 4.74 Å². The van der Waals surface area contributed by atoms with E-state index >= 15 is 0 Å². The Morgan fingerprint density at radius 3 is 2.81 bits per heavy atom. The summed E-state index contributed by atoms with van der Waals surface area (Å²) in [6.07, 6.45) is 3.37. The topological polar surface area (TPSA) is 45.2 Å². The molecule has 3 unspecified atom stereocenters. The molecule has 3 aromatic rings. The molecule has 2 aliphatic rings. The molecule has 2 heterocycles. The Hall–Kier alpha value is -2.16. The van der Waals surface area contributed by atoms with E-state index in [-0.39, 0.29) is 5.60 Å². The molecule has 2 aromatic carbocycles. The largest absolute Gasteiger partial charge is 0.507 e. The third-order valence-corrected chi connectivity index (χ3v) is 6.90. The second-order valence-corrected chi connectivity index (χ2v) is 8.95. The van der Waals surface area contributed by atoms with Gasteiger partial charge in [-0.3, -0.25) is 0 Å². The SMILES string of the molecule is Cc1c2c(c3[nH]c4ccccc4c3c1O)C1CC(C)(CCC1C(C)C)O2. The number of phenols is 1. The number of H-pyrrole nitrogens is 1. The number of phenolic OH excluding ortho intramolecular Hbond substituents is 1. The molecule has 0 amide bonds. The summed E-state index contributed by atoms with van der Waals surface area (Å²) in [5.41, 5.74) is 4.22. The lowest BCUT2D eigenvalue weighted by Gasteiger charge is -2.49. The molecule has 26 heavy (non-hydrogen) atoms. The van der Waals surface area contributed by atoms with E-state index in [2.05, 4.69) is 37.9 Å². The normalized spacial score (nSPS) is 27.7. The fraction of sp³-hybridized carbons (Fsp3) is 0.478. The summed E-state index contributed by atoms with van der Waals surface area (Å²) < 4.78 is 6.55. The van der Waals surface area contributed by atoms with Crippen LogP contribution in [-0.2, 0) is 0 Å². The zero-order chi connectivity index (χ0) is 18.2. The second kappa shape index (κ2) is 5.18. The van der Waals surface area contributed by atoms with Gasteiger partial charge < -0.3 is 14.8 Å². The highest BCUT2D eigenvalue weighted by atomic mass is 16.5. The van der Waals surface area contributed by atoms with Crippen LogP contribution in [0, 0.1) is 18.8 Å². The molecule has 0 saturated heterocycles. The molecule has 1 aliphatic carbocycles. The maximum absolute atomic E-state index is 11.0. The second-order valence-electron chi connectivity index (χ2n) is 8.95. The van der Waals surface area contributed by atoms with Crippen molar-refractivity contribution in [1.29, 1.82) is 0 Å². The summed E-state index contributed by atoms with van der Waals surface area (Å²) in [5.74, 6) is 3.06. The molecule has 1 aliphatic heterocycles. The Balaban J connectivity index is 1.89. The Labute approximate surface area is 154 Å². The van der Waals surface area contributed by atoms with Crippen molar-refractivity contribution < 1.29 is 9.84 Å². The Kier molecular flexibility index (Phi) is 3.20. The van der Waals surface area contributed by atoms with Gasteiger partial charge in [-0.2, -0.15) is 0 Å². The molecular formula is C23H27NO2. The summed E-state index contributed by atoms with van der Waals surface area (Å²) in [6.45, 7) is 8.94. The lowest BCUT2D eigenvalue weighted by molar-refractivity contribution is -0.00775. The average molecular weight is 349 g/mol. The lowest BCUT2D eigenvalue weighted by Crippen LogP contribution is -2.45. The van der Waals surface area contributed by atoms with Gasteiger partial charge in [-0.1, -0.05) is 32.0 Å². The summed E-state index contributed by atoms with van der Waals surface area (Å²) >= 11 is 0. The van der Waals surface area contributed by atoms with Gasteiger partial charge in [0.05, 0.1) is 5.52 Å². The number of hydrogen-bond acceptors (Lipinski definition) is 2. The summed E-state index contributed by atoms with van der Waals surface area (Å²) in [5, 5.41) is 13.1. The van der Waals surface area contributed by atoms with Crippen molar-refractivity contribution in [2.75, 3.05) is 0 Å². The van der Waals surface area contributed by atoms with Gasteiger partial charge in [0.1, 0.15) is 17.1 Å². The van der Waals surface area contributed by atoms with Gasteiger partial charge in [0, 0.05) is 27.4 Å². The number of aromatic hydroxyl groups is 1. The zero-order valence-electron chi connectivity index (χ0n) is 16.0. The van der Waals surface area contributed by atoms with Crippen LogP contribution in [0.25, 0.3) is 21.8 Å². The van der Waals surface area contributed by atoms with E-state index < -0.39 is 0 Å². The number of para-hydroxylation sites is 1. The molecule has 0 radical (unpaired) electrons. The fourth-order valence-corrected chi connectivity index (χ4v) is 5.53. The van der Waals surface area contributed by atoms with Crippen LogP contribution < -0.4 is 4.74 Å². The summed E-state index contributed by atoms with van der Waals surface area (Å²) in [4.78, 5) is 3.61. The van der Waals surface area contributed by atoms with Crippen molar-refractivity contribution in [3.63, 3.8) is 0 Å². The minimum atomic E-state index is -0.111. The van der Waals surface area contributed by atoms with Gasteiger partial charge >= 0.3 is 0 Å². The van der Waals surface area contributed by atoms with E-state index in [1.165, 1.54) is 12.0 Å². The van der Waals surface area contributed by atoms with E-state index in [1.54, 1.807) is 0 Å². The first kappa shape index (κ1) is 16.0. The third kappa shape index (κ3) is 2.00. The summed E-state index contributed by atoms with van der Waals surface area (Å²) in [6, 6.07) is 8.26. The molecule has 2 N–H and O–H groups in total. The maximum atomic E-state index is 11.0. The summed E-state index contributed by atoms with van der Waals surface area (Å²) in [7, 11) is 0. The van der Waals surface area contributed by atoms with E-state index in [0.29, 0.717) is 23.5 Å². The highest BCUT2D eigenvalue weighted by Crippen LogP contribution is 2.58.